The van der Waals surface area contributed by atoms with Crippen LogP contribution in [0.1, 0.15) is 84.1 Å². The molecule has 0 spiro atoms. The summed E-state index contributed by atoms with van der Waals surface area (Å²) in [6.07, 6.45) is 5.55. The molecule has 0 bridgehead atoms. The number of carbonyl (C=O) groups is 8. The molecule has 6 unspecified atom stereocenters. The minimum absolute atomic E-state index is 0.0598. The molecule has 0 radical (unpaired) electrons. The first-order chi connectivity index (χ1) is 51.4. The van der Waals surface area contributed by atoms with E-state index in [2.05, 4.69) is 69.8 Å². The highest BCUT2D eigenvalue weighted by Gasteiger charge is 2.44. The third-order valence-electron chi connectivity index (χ3n) is 20.0. The number of phenolic OH excluding ortho intramolecular Hbond substituents is 4. The van der Waals surface area contributed by atoms with Gasteiger partial charge in [0.2, 0.25) is 35.4 Å². The molecule has 5 saturated heterocycles. The molecule has 10 aromatic rings. The van der Waals surface area contributed by atoms with E-state index >= 15 is 0 Å². The summed E-state index contributed by atoms with van der Waals surface area (Å²) in [7, 11) is 0. The Hall–Kier alpha value is -12.7. The van der Waals surface area contributed by atoms with Gasteiger partial charge in [-0.05, 0) is 95.9 Å². The molecule has 1 saturated carbocycles. The molecule has 6 fully saturated rings. The lowest BCUT2D eigenvalue weighted by Crippen LogP contribution is -2.57. The van der Waals surface area contributed by atoms with E-state index in [1.165, 1.54) is 5.69 Å². The SMILES string of the molecule is O=C1CC(=O)C(CC2CN(c3ccccc3)CCN2c2cccc(O)c2)C1.O=C1CC(C2CN(c3ccccc3)CCN2c2cccc(O)c2)C(=O)N1.O=C1CC(c2c(-c3ccccc3)ncn2Cc2cccc(O)c2)C(=O)N1.O=C1CC(c2c(Cc3ccccc3)ncn2Cc2cccc(O)c2)C(=O)N1. The zero-order valence-electron chi connectivity index (χ0n) is 58.1. The fourth-order valence-electron chi connectivity index (χ4n) is 15.0. The molecule has 540 valence electrons. The van der Waals surface area contributed by atoms with Crippen LogP contribution >= 0.6 is 0 Å². The third kappa shape index (κ3) is 17.3. The lowest BCUT2D eigenvalue weighted by atomic mass is 9.93. The van der Waals surface area contributed by atoms with Crippen LogP contribution < -0.4 is 35.6 Å². The first-order valence-corrected chi connectivity index (χ1v) is 35.4. The average molecular weight is 1420 g/mol. The number of hydrogen-bond acceptors (Lipinski definition) is 18. The molecule has 7 heterocycles. The number of nitrogens with zero attached hydrogens (tertiary/aromatic N) is 8. The van der Waals surface area contributed by atoms with Crippen molar-refractivity contribution in [2.75, 3.05) is 58.9 Å². The van der Waals surface area contributed by atoms with Crippen molar-refractivity contribution in [3.05, 3.63) is 265 Å². The summed E-state index contributed by atoms with van der Waals surface area (Å²) in [5, 5.41) is 46.3. The molecule has 8 aromatic carbocycles. The molecule has 7 N–H and O–H groups in total. The monoisotopic (exact) mass is 1420 g/mol. The zero-order chi connectivity index (χ0) is 73.8. The predicted molar refractivity (Wildman–Crippen MR) is 399 cm³/mol. The number of aromatic hydroxyl groups is 4. The smallest absolute Gasteiger partial charge is 0.236 e. The number of para-hydroxylation sites is 2. The Morgan fingerprint density at radius 2 is 0.868 bits per heavy atom. The second kappa shape index (κ2) is 32.8. The van der Waals surface area contributed by atoms with Gasteiger partial charge in [0.15, 0.2) is 0 Å². The molecule has 16 rings (SSSR count). The van der Waals surface area contributed by atoms with Gasteiger partial charge in [0.25, 0.3) is 0 Å². The molecule has 6 amide bonds. The number of benzene rings is 8. The van der Waals surface area contributed by atoms with Crippen molar-refractivity contribution < 1.29 is 58.8 Å². The molecule has 23 nitrogen and oxygen atoms in total. The standard InChI is InChI=1S/C22H24N2O3.C21H19N3O3.C20H17N3O3.C20H21N3O3/c25-20-8-4-7-18(13-20)24-10-9-23(17-5-2-1-3-6-17)15-19(24)11-16-12-21(26)14-22(16)27;25-16-8-4-7-15(9-16)12-24-13-22-18(10-14-5-2-1-3-6-14)20(24)17-11-19(26)23-21(17)27;24-15-8-4-5-13(9-15)11-23-12-21-18(14-6-2-1-3-7-14)19(23)16-10-17(25)22-20(16)26;24-16-8-4-7-15(11-16)23-10-9-22(14-5-2-1-3-6-14)13-18(23)17-12-19(25)21-20(17)26/h1-8,13,16,19,25H,9-12,14-15H2;1-9,13,17,25H,10-12H2,(H,23,26,27);1-9,12,16,24H,10-11H2,(H,22,25,26);1-8,11,17-18,24H,9-10,12-13H2,(H,21,25,26). The van der Waals surface area contributed by atoms with Crippen LogP contribution in [0.25, 0.3) is 11.3 Å². The number of nitrogens with one attached hydrogen (secondary N) is 3. The number of carbonyl (C=O) groups excluding carboxylic acids is 8. The Kier molecular flexibility index (Phi) is 22.2. The first-order valence-electron chi connectivity index (χ1n) is 35.4. The van der Waals surface area contributed by atoms with Gasteiger partial charge in [-0.2, -0.15) is 0 Å². The predicted octanol–water partition coefficient (Wildman–Crippen LogP) is 9.57. The minimum Gasteiger partial charge on any atom is -0.508 e. The molecule has 106 heavy (non-hydrogen) atoms. The van der Waals surface area contributed by atoms with Crippen molar-refractivity contribution in [2.45, 2.75) is 82.0 Å². The highest BCUT2D eigenvalue weighted by atomic mass is 16.3. The first kappa shape index (κ1) is 71.7. The minimum atomic E-state index is -0.572. The van der Waals surface area contributed by atoms with Gasteiger partial charge in [-0.1, -0.05) is 133 Å². The van der Waals surface area contributed by atoms with Crippen LogP contribution in [-0.4, -0.2) is 138 Å². The summed E-state index contributed by atoms with van der Waals surface area (Å²) in [6, 6.07) is 68.1. The van der Waals surface area contributed by atoms with E-state index in [9.17, 15) is 58.8 Å². The second-order valence-electron chi connectivity index (χ2n) is 27.3. The van der Waals surface area contributed by atoms with Crippen LogP contribution in [0.15, 0.2) is 231 Å². The van der Waals surface area contributed by atoms with Gasteiger partial charge in [0.1, 0.15) is 34.6 Å². The van der Waals surface area contributed by atoms with Gasteiger partial charge in [-0.3, -0.25) is 54.3 Å². The van der Waals surface area contributed by atoms with E-state index < -0.39 is 17.8 Å². The van der Waals surface area contributed by atoms with Crippen molar-refractivity contribution in [2.24, 2.45) is 11.8 Å². The van der Waals surface area contributed by atoms with Gasteiger partial charge in [0, 0.05) is 137 Å². The number of hydrogen-bond donors (Lipinski definition) is 7. The fourth-order valence-corrected chi connectivity index (χ4v) is 15.0. The van der Waals surface area contributed by atoms with Crippen LogP contribution in [0.3, 0.4) is 0 Å². The number of aromatic nitrogens is 4. The molecule has 1 aliphatic carbocycles. The molecule has 6 aliphatic rings. The Labute approximate surface area is 612 Å². The maximum atomic E-state index is 12.3. The van der Waals surface area contributed by atoms with Crippen LogP contribution in [0.5, 0.6) is 23.0 Å². The Bertz CT molecular complexity index is 4840. The van der Waals surface area contributed by atoms with Crippen molar-refractivity contribution in [1.82, 2.24) is 35.1 Å². The van der Waals surface area contributed by atoms with Gasteiger partial charge in [0.05, 0.1) is 65.6 Å². The second-order valence-corrected chi connectivity index (χ2v) is 27.3. The quantitative estimate of drug-likeness (QED) is 0.0350. The van der Waals surface area contributed by atoms with Crippen LogP contribution in [0, 0.1) is 11.8 Å². The van der Waals surface area contributed by atoms with E-state index in [1.54, 1.807) is 79.4 Å². The normalized spacial score (nSPS) is 19.9. The van der Waals surface area contributed by atoms with Gasteiger partial charge in [-0.25, -0.2) is 9.97 Å². The Morgan fingerprint density at radius 3 is 1.38 bits per heavy atom. The van der Waals surface area contributed by atoms with Crippen LogP contribution in [-0.2, 0) is 57.9 Å². The summed E-state index contributed by atoms with van der Waals surface area (Å²) < 4.78 is 3.77. The van der Waals surface area contributed by atoms with Crippen molar-refractivity contribution >= 4 is 69.8 Å². The number of piperazine rings is 2. The largest absolute Gasteiger partial charge is 0.508 e. The number of Topliss-reactive ketones (excluding diaryl/α,β-unsaturated/α-hetero) is 2. The molecule has 5 aliphatic heterocycles. The Morgan fingerprint density at radius 1 is 0.415 bits per heavy atom. The molecular weight excluding hydrogens is 1340 g/mol. The number of anilines is 4. The van der Waals surface area contributed by atoms with Gasteiger partial charge in [-0.15, -0.1) is 0 Å². The number of amides is 6. The van der Waals surface area contributed by atoms with Crippen molar-refractivity contribution in [3.63, 3.8) is 0 Å². The number of ketones is 2. The topological polar surface area (TPSA) is 302 Å². The van der Waals surface area contributed by atoms with Crippen molar-refractivity contribution in [3.8, 4) is 34.3 Å². The third-order valence-corrected chi connectivity index (χ3v) is 20.0. The van der Waals surface area contributed by atoms with Gasteiger partial charge < -0.3 is 49.2 Å². The van der Waals surface area contributed by atoms with E-state index in [0.717, 1.165) is 76.9 Å². The maximum absolute atomic E-state index is 12.3. The highest BCUT2D eigenvalue weighted by Crippen LogP contribution is 2.37. The maximum Gasteiger partial charge on any atom is 0.236 e. The average Bonchev–Trinajstić information content (AvgIpc) is 1.37. The number of imidazole rings is 2. The lowest BCUT2D eigenvalue weighted by Gasteiger charge is -2.45. The zero-order valence-corrected chi connectivity index (χ0v) is 58.1. The lowest BCUT2D eigenvalue weighted by molar-refractivity contribution is -0.127. The summed E-state index contributed by atoms with van der Waals surface area (Å²) >= 11 is 0. The molecule has 2 aromatic heterocycles. The van der Waals surface area contributed by atoms with Crippen molar-refractivity contribution in [1.29, 1.82) is 0 Å². The van der Waals surface area contributed by atoms with Gasteiger partial charge >= 0.3 is 0 Å². The summed E-state index contributed by atoms with van der Waals surface area (Å²) in [6.45, 7) is 5.53. The van der Waals surface area contributed by atoms with E-state index in [-0.39, 0.29) is 114 Å². The number of phenols is 4. The number of imide groups is 3. The molecule has 23 heteroatoms. The highest BCUT2D eigenvalue weighted by molar-refractivity contribution is 6.08. The fraction of sp³-hybridized carbons (Fsp3) is 0.253. The van der Waals surface area contributed by atoms with E-state index in [4.69, 9.17) is 0 Å². The van der Waals surface area contributed by atoms with Crippen LogP contribution in [0.4, 0.5) is 22.7 Å². The molecular formula is C83H81N11O12. The summed E-state index contributed by atoms with van der Waals surface area (Å²) in [4.78, 5) is 114. The summed E-state index contributed by atoms with van der Waals surface area (Å²) in [5.74, 6) is -2.30. The Balaban J connectivity index is 0.000000125. The van der Waals surface area contributed by atoms with E-state index in [0.29, 0.717) is 56.8 Å². The van der Waals surface area contributed by atoms with E-state index in [1.807, 2.05) is 137 Å². The molecule has 6 atom stereocenters. The van der Waals surface area contributed by atoms with Crippen LogP contribution in [0.2, 0.25) is 0 Å². The summed E-state index contributed by atoms with van der Waals surface area (Å²) in [5.41, 5.74) is 10.8. The number of rotatable bonds is 16.